The Balaban J connectivity index is 2.24. The molecule has 0 atom stereocenters. The van der Waals surface area contributed by atoms with Crippen LogP contribution < -0.4 is 16.0 Å². The van der Waals surface area contributed by atoms with Crippen LogP contribution in [0.15, 0.2) is 36.4 Å². The summed E-state index contributed by atoms with van der Waals surface area (Å²) in [7, 11) is 0. The fourth-order valence-electron chi connectivity index (χ4n) is 1.70. The molecule has 2 aromatic carbocycles. The van der Waals surface area contributed by atoms with Gasteiger partial charge < -0.3 is 10.2 Å². The van der Waals surface area contributed by atoms with Crippen LogP contribution in [-0.2, 0) is 6.61 Å². The molecule has 0 aliphatic rings. The summed E-state index contributed by atoms with van der Waals surface area (Å²) in [6, 6.07) is 7.42. The van der Waals surface area contributed by atoms with Crippen molar-refractivity contribution >= 4 is 11.4 Å². The summed E-state index contributed by atoms with van der Waals surface area (Å²) in [5.41, 5.74) is 2.92. The fraction of sp³-hybridized carbons (Fsp3) is 0.0769. The molecule has 2 aromatic rings. The van der Waals surface area contributed by atoms with Crippen LogP contribution in [-0.4, -0.2) is 4.92 Å². The quantitative estimate of drug-likeness (QED) is 0.503. The smallest absolute Gasteiger partial charge is 0.269 e. The van der Waals surface area contributed by atoms with E-state index in [1.54, 1.807) is 0 Å². The van der Waals surface area contributed by atoms with Gasteiger partial charge in [-0.3, -0.25) is 16.0 Å². The van der Waals surface area contributed by atoms with Gasteiger partial charge in [-0.15, -0.1) is 0 Å². The Kier molecular flexibility index (Phi) is 4.29. The number of hydrogen-bond acceptors (Lipinski definition) is 5. The summed E-state index contributed by atoms with van der Waals surface area (Å²) in [6.07, 6.45) is 0. The van der Waals surface area contributed by atoms with E-state index in [0.717, 1.165) is 6.07 Å². The fourth-order valence-corrected chi connectivity index (χ4v) is 1.70. The third-order valence-corrected chi connectivity index (χ3v) is 2.75. The van der Waals surface area contributed by atoms with Crippen LogP contribution in [0.25, 0.3) is 0 Å². The molecule has 0 unspecified atom stereocenters. The van der Waals surface area contributed by atoms with E-state index >= 15 is 0 Å². The van der Waals surface area contributed by atoms with Crippen molar-refractivity contribution in [2.24, 2.45) is 5.84 Å². The minimum Gasteiger partial charge on any atom is -0.486 e. The van der Waals surface area contributed by atoms with Gasteiger partial charge in [0.15, 0.2) is 11.6 Å². The molecule has 6 nitrogen and oxygen atoms in total. The minimum absolute atomic E-state index is 0.160. The molecule has 21 heavy (non-hydrogen) atoms. The Labute approximate surface area is 118 Å². The maximum atomic E-state index is 13.4. The SMILES string of the molecule is NNc1ccc([N+](=O)[O-])cc1COc1cccc(F)c1F. The number of nitrogens with one attached hydrogen (secondary N) is 1. The van der Waals surface area contributed by atoms with E-state index in [0.29, 0.717) is 11.3 Å². The molecule has 0 heterocycles. The van der Waals surface area contributed by atoms with Crippen molar-refractivity contribution in [3.8, 4) is 5.75 Å². The molecule has 0 saturated heterocycles. The zero-order chi connectivity index (χ0) is 15.4. The van der Waals surface area contributed by atoms with Gasteiger partial charge in [0.05, 0.1) is 10.6 Å². The van der Waals surface area contributed by atoms with Gasteiger partial charge in [0.25, 0.3) is 5.69 Å². The Morgan fingerprint density at radius 1 is 1.29 bits per heavy atom. The predicted molar refractivity (Wildman–Crippen MR) is 71.6 cm³/mol. The lowest BCUT2D eigenvalue weighted by Crippen LogP contribution is -2.11. The van der Waals surface area contributed by atoms with E-state index in [1.807, 2.05) is 0 Å². The Morgan fingerprint density at radius 3 is 2.71 bits per heavy atom. The van der Waals surface area contributed by atoms with E-state index in [-0.39, 0.29) is 18.0 Å². The van der Waals surface area contributed by atoms with Crippen LogP contribution in [0.1, 0.15) is 5.56 Å². The summed E-state index contributed by atoms with van der Waals surface area (Å²) in [5, 5.41) is 10.7. The van der Waals surface area contributed by atoms with Gasteiger partial charge in [0, 0.05) is 17.7 Å². The van der Waals surface area contributed by atoms with Crippen molar-refractivity contribution in [2.75, 3.05) is 5.43 Å². The number of nitrogens with zero attached hydrogens (tertiary/aromatic N) is 1. The first kappa shape index (κ1) is 14.7. The molecule has 0 bridgehead atoms. The molecule has 0 aliphatic carbocycles. The van der Waals surface area contributed by atoms with Crippen LogP contribution in [0, 0.1) is 21.7 Å². The number of nitrogens with two attached hydrogens (primary N) is 1. The van der Waals surface area contributed by atoms with Crippen LogP contribution in [0.3, 0.4) is 0 Å². The number of non-ortho nitro benzene ring substituents is 1. The van der Waals surface area contributed by atoms with Gasteiger partial charge >= 0.3 is 0 Å². The van der Waals surface area contributed by atoms with Gasteiger partial charge in [-0.25, -0.2) is 4.39 Å². The maximum Gasteiger partial charge on any atom is 0.269 e. The average Bonchev–Trinajstić information content (AvgIpc) is 2.48. The highest BCUT2D eigenvalue weighted by Gasteiger charge is 2.13. The average molecular weight is 295 g/mol. The molecule has 8 heteroatoms. The first-order valence-corrected chi connectivity index (χ1v) is 5.83. The number of ether oxygens (including phenoxy) is 1. The molecular formula is C13H11F2N3O3. The molecule has 0 saturated carbocycles. The summed E-state index contributed by atoms with van der Waals surface area (Å²) in [6.45, 7) is -0.207. The summed E-state index contributed by atoms with van der Waals surface area (Å²) in [4.78, 5) is 10.2. The lowest BCUT2D eigenvalue weighted by Gasteiger charge is -2.11. The Morgan fingerprint density at radius 2 is 2.05 bits per heavy atom. The van der Waals surface area contributed by atoms with E-state index < -0.39 is 16.6 Å². The van der Waals surface area contributed by atoms with Crippen molar-refractivity contribution in [1.82, 2.24) is 0 Å². The molecule has 2 rings (SSSR count). The monoisotopic (exact) mass is 295 g/mol. The van der Waals surface area contributed by atoms with Gasteiger partial charge in [-0.2, -0.15) is 4.39 Å². The van der Waals surface area contributed by atoms with Crippen LogP contribution in [0.5, 0.6) is 5.75 Å². The Hall–Kier alpha value is -2.74. The van der Waals surface area contributed by atoms with Crippen LogP contribution >= 0.6 is 0 Å². The highest BCUT2D eigenvalue weighted by molar-refractivity contribution is 5.55. The normalized spacial score (nSPS) is 10.2. The molecule has 0 aliphatic heterocycles. The van der Waals surface area contributed by atoms with E-state index in [9.17, 15) is 18.9 Å². The zero-order valence-electron chi connectivity index (χ0n) is 10.7. The van der Waals surface area contributed by atoms with Crippen molar-refractivity contribution in [3.05, 3.63) is 63.7 Å². The van der Waals surface area contributed by atoms with E-state index in [2.05, 4.69) is 5.43 Å². The summed E-state index contributed by atoms with van der Waals surface area (Å²) < 4.78 is 31.6. The standard InChI is InChI=1S/C13H11F2N3O3/c14-10-2-1-3-12(13(10)15)21-7-8-6-9(18(19)20)4-5-11(8)17-16/h1-6,17H,7,16H2. The number of nitro benzene ring substituents is 1. The van der Waals surface area contributed by atoms with Crippen molar-refractivity contribution in [1.29, 1.82) is 0 Å². The van der Waals surface area contributed by atoms with Crippen molar-refractivity contribution < 1.29 is 18.4 Å². The topological polar surface area (TPSA) is 90.4 Å². The lowest BCUT2D eigenvalue weighted by atomic mass is 10.1. The third-order valence-electron chi connectivity index (χ3n) is 2.75. The number of halogens is 2. The number of anilines is 1. The molecule has 0 aromatic heterocycles. The van der Waals surface area contributed by atoms with E-state index in [4.69, 9.17) is 10.6 Å². The number of rotatable bonds is 5. The minimum atomic E-state index is -1.12. The molecular weight excluding hydrogens is 284 g/mol. The van der Waals surface area contributed by atoms with Gasteiger partial charge in [-0.05, 0) is 18.2 Å². The first-order valence-electron chi connectivity index (χ1n) is 5.83. The number of hydrogen-bond donors (Lipinski definition) is 2. The molecule has 0 amide bonds. The molecule has 0 radical (unpaired) electrons. The second-order valence-corrected chi connectivity index (χ2v) is 4.08. The third kappa shape index (κ3) is 3.23. The van der Waals surface area contributed by atoms with Crippen molar-refractivity contribution in [3.63, 3.8) is 0 Å². The largest absolute Gasteiger partial charge is 0.486 e. The number of nitro groups is 1. The lowest BCUT2D eigenvalue weighted by molar-refractivity contribution is -0.384. The highest BCUT2D eigenvalue weighted by atomic mass is 19.2. The number of nitrogen functional groups attached to an aromatic ring is 1. The highest BCUT2D eigenvalue weighted by Crippen LogP contribution is 2.25. The maximum absolute atomic E-state index is 13.4. The van der Waals surface area contributed by atoms with Gasteiger partial charge in [0.2, 0.25) is 5.82 Å². The molecule has 0 spiro atoms. The number of benzene rings is 2. The van der Waals surface area contributed by atoms with Crippen molar-refractivity contribution in [2.45, 2.75) is 6.61 Å². The summed E-state index contributed by atoms with van der Waals surface area (Å²) >= 11 is 0. The van der Waals surface area contributed by atoms with Gasteiger partial charge in [-0.1, -0.05) is 6.07 Å². The first-order chi connectivity index (χ1) is 10.0. The van der Waals surface area contributed by atoms with Gasteiger partial charge in [0.1, 0.15) is 6.61 Å². The van der Waals surface area contributed by atoms with Crippen LogP contribution in [0.2, 0.25) is 0 Å². The predicted octanol–water partition coefficient (Wildman–Crippen LogP) is 2.74. The second kappa shape index (κ2) is 6.14. The Bertz CT molecular complexity index is 680. The van der Waals surface area contributed by atoms with Crippen LogP contribution in [0.4, 0.5) is 20.2 Å². The van der Waals surface area contributed by atoms with E-state index in [1.165, 1.54) is 30.3 Å². The zero-order valence-corrected chi connectivity index (χ0v) is 10.7. The number of hydrazine groups is 1. The molecule has 0 fully saturated rings. The molecule has 110 valence electrons. The second-order valence-electron chi connectivity index (χ2n) is 4.08. The summed E-state index contributed by atoms with van der Waals surface area (Å²) in [5.74, 6) is 2.84. The molecule has 3 N–H and O–H groups in total.